The van der Waals surface area contributed by atoms with Crippen molar-refractivity contribution in [3.8, 4) is 0 Å². The quantitative estimate of drug-likeness (QED) is 0.818. The van der Waals surface area contributed by atoms with E-state index >= 15 is 0 Å². The van der Waals surface area contributed by atoms with Crippen molar-refractivity contribution >= 4 is 17.5 Å². The van der Waals surface area contributed by atoms with E-state index in [2.05, 4.69) is 5.32 Å². The minimum atomic E-state index is 0.295. The summed E-state index contributed by atoms with van der Waals surface area (Å²) in [6.45, 7) is 3.56. The van der Waals surface area contributed by atoms with Crippen LogP contribution in [-0.2, 0) is 11.2 Å². The molecule has 1 fully saturated rings. The predicted molar refractivity (Wildman–Crippen MR) is 83.1 cm³/mol. The average Bonchev–Trinajstić information content (AvgIpc) is 2.49. The summed E-state index contributed by atoms with van der Waals surface area (Å²) in [6, 6.07) is 7.92. The van der Waals surface area contributed by atoms with Gasteiger partial charge in [-0.2, -0.15) is 0 Å². The highest BCUT2D eigenvalue weighted by molar-refractivity contribution is 6.30. The van der Waals surface area contributed by atoms with Crippen LogP contribution in [0.25, 0.3) is 0 Å². The van der Waals surface area contributed by atoms with Crippen LogP contribution in [0.3, 0.4) is 0 Å². The van der Waals surface area contributed by atoms with Gasteiger partial charge >= 0.3 is 0 Å². The second kappa shape index (κ2) is 8.28. The Morgan fingerprint density at radius 1 is 1.10 bits per heavy atom. The van der Waals surface area contributed by atoms with Gasteiger partial charge in [0.15, 0.2) is 0 Å². The summed E-state index contributed by atoms with van der Waals surface area (Å²) in [7, 11) is 0. The molecular weight excluding hydrogens is 272 g/mol. The molecule has 3 nitrogen and oxygen atoms in total. The second-order valence-electron chi connectivity index (χ2n) is 5.32. The predicted octanol–water partition coefficient (Wildman–Crippen LogP) is 2.87. The smallest absolute Gasteiger partial charge is 0.223 e. The summed E-state index contributed by atoms with van der Waals surface area (Å²) in [6.07, 6.45) is 5.17. The standard InChI is InChI=1S/C16H23ClN2O/c17-15-6-4-14(5-7-15)8-10-18-11-9-16(20)19-12-2-1-3-13-19/h4-7,18H,1-3,8-13H2. The zero-order valence-electron chi connectivity index (χ0n) is 11.9. The summed E-state index contributed by atoms with van der Waals surface area (Å²) < 4.78 is 0. The summed E-state index contributed by atoms with van der Waals surface area (Å²) in [5.74, 6) is 0.295. The fraction of sp³-hybridized carbons (Fsp3) is 0.562. The zero-order chi connectivity index (χ0) is 14.2. The van der Waals surface area contributed by atoms with E-state index in [1.807, 2.05) is 29.2 Å². The van der Waals surface area contributed by atoms with Gasteiger partial charge in [-0.05, 0) is 49.9 Å². The highest BCUT2D eigenvalue weighted by Gasteiger charge is 2.15. The molecule has 1 aromatic carbocycles. The number of carbonyl (C=O) groups excluding carboxylic acids is 1. The van der Waals surface area contributed by atoms with Gasteiger partial charge in [0.2, 0.25) is 5.91 Å². The van der Waals surface area contributed by atoms with Crippen molar-refractivity contribution in [1.82, 2.24) is 10.2 Å². The first kappa shape index (κ1) is 15.3. The molecule has 2 rings (SSSR count). The number of nitrogens with one attached hydrogen (secondary N) is 1. The second-order valence-corrected chi connectivity index (χ2v) is 5.75. The molecule has 1 aromatic rings. The normalized spacial score (nSPS) is 15.3. The van der Waals surface area contributed by atoms with Crippen LogP contribution in [0.2, 0.25) is 5.02 Å². The maximum Gasteiger partial charge on any atom is 0.223 e. The third-order valence-electron chi connectivity index (χ3n) is 3.73. The number of rotatable bonds is 6. The first-order valence-corrected chi connectivity index (χ1v) is 7.86. The first-order chi connectivity index (χ1) is 9.75. The lowest BCUT2D eigenvalue weighted by Gasteiger charge is -2.26. The lowest BCUT2D eigenvalue weighted by atomic mass is 10.1. The van der Waals surface area contributed by atoms with E-state index in [4.69, 9.17) is 11.6 Å². The molecule has 1 heterocycles. The molecule has 1 aliphatic heterocycles. The number of nitrogens with zero attached hydrogens (tertiary/aromatic N) is 1. The maximum absolute atomic E-state index is 11.9. The van der Waals surface area contributed by atoms with Crippen LogP contribution in [0.15, 0.2) is 24.3 Å². The molecule has 0 saturated carbocycles. The van der Waals surface area contributed by atoms with Crippen LogP contribution in [0, 0.1) is 0 Å². The van der Waals surface area contributed by atoms with Gasteiger partial charge in [0.25, 0.3) is 0 Å². The van der Waals surface area contributed by atoms with Gasteiger partial charge in [0, 0.05) is 31.1 Å². The molecule has 0 atom stereocenters. The van der Waals surface area contributed by atoms with Gasteiger partial charge in [-0.1, -0.05) is 23.7 Å². The van der Waals surface area contributed by atoms with Crippen molar-refractivity contribution in [3.05, 3.63) is 34.9 Å². The van der Waals surface area contributed by atoms with Crippen LogP contribution in [0.1, 0.15) is 31.2 Å². The maximum atomic E-state index is 11.9. The molecule has 0 aromatic heterocycles. The molecule has 0 spiro atoms. The molecule has 0 bridgehead atoms. The van der Waals surface area contributed by atoms with Crippen LogP contribution >= 0.6 is 11.6 Å². The Balaban J connectivity index is 1.57. The topological polar surface area (TPSA) is 32.3 Å². The number of halogens is 1. The Hall–Kier alpha value is -1.06. The Morgan fingerprint density at radius 3 is 2.50 bits per heavy atom. The molecule has 0 unspecified atom stereocenters. The highest BCUT2D eigenvalue weighted by Crippen LogP contribution is 2.10. The molecule has 1 saturated heterocycles. The number of piperidine rings is 1. The van der Waals surface area contributed by atoms with Crippen molar-refractivity contribution in [3.63, 3.8) is 0 Å². The van der Waals surface area contributed by atoms with Gasteiger partial charge in [0.1, 0.15) is 0 Å². The Labute approximate surface area is 126 Å². The lowest BCUT2D eigenvalue weighted by Crippen LogP contribution is -2.37. The lowest BCUT2D eigenvalue weighted by molar-refractivity contribution is -0.131. The van der Waals surface area contributed by atoms with E-state index in [-0.39, 0.29) is 0 Å². The van der Waals surface area contributed by atoms with Crippen molar-refractivity contribution in [2.24, 2.45) is 0 Å². The van der Waals surface area contributed by atoms with Gasteiger partial charge < -0.3 is 10.2 Å². The van der Waals surface area contributed by atoms with Gasteiger partial charge in [-0.25, -0.2) is 0 Å². The fourth-order valence-electron chi connectivity index (χ4n) is 2.51. The number of benzene rings is 1. The SMILES string of the molecule is O=C(CCNCCc1ccc(Cl)cc1)N1CCCCC1. The van der Waals surface area contributed by atoms with Crippen molar-refractivity contribution in [1.29, 1.82) is 0 Å². The number of carbonyl (C=O) groups is 1. The summed E-state index contributed by atoms with van der Waals surface area (Å²) >= 11 is 5.85. The van der Waals surface area contributed by atoms with E-state index in [9.17, 15) is 4.79 Å². The summed E-state index contributed by atoms with van der Waals surface area (Å²) in [5, 5.41) is 4.11. The molecule has 0 aliphatic carbocycles. The minimum absolute atomic E-state index is 0.295. The molecule has 1 amide bonds. The molecule has 4 heteroatoms. The Kier molecular flexibility index (Phi) is 6.34. The third kappa shape index (κ3) is 5.14. The van der Waals surface area contributed by atoms with E-state index in [1.54, 1.807) is 0 Å². The van der Waals surface area contributed by atoms with E-state index in [0.29, 0.717) is 12.3 Å². The van der Waals surface area contributed by atoms with Crippen molar-refractivity contribution in [2.45, 2.75) is 32.1 Å². The monoisotopic (exact) mass is 294 g/mol. The van der Waals surface area contributed by atoms with Crippen LogP contribution in [0.5, 0.6) is 0 Å². The largest absolute Gasteiger partial charge is 0.343 e. The van der Waals surface area contributed by atoms with Crippen LogP contribution in [-0.4, -0.2) is 37.0 Å². The molecular formula is C16H23ClN2O. The van der Waals surface area contributed by atoms with Gasteiger partial charge in [0.05, 0.1) is 0 Å². The Bertz CT molecular complexity index is 413. The highest BCUT2D eigenvalue weighted by atomic mass is 35.5. The number of hydrogen-bond donors (Lipinski definition) is 1. The summed E-state index contributed by atoms with van der Waals surface area (Å²) in [4.78, 5) is 13.9. The molecule has 20 heavy (non-hydrogen) atoms. The van der Waals surface area contributed by atoms with Crippen molar-refractivity contribution < 1.29 is 4.79 Å². The average molecular weight is 295 g/mol. The summed E-state index contributed by atoms with van der Waals surface area (Å²) in [5.41, 5.74) is 1.27. The fourth-order valence-corrected chi connectivity index (χ4v) is 2.63. The van der Waals surface area contributed by atoms with Gasteiger partial charge in [-0.15, -0.1) is 0 Å². The van der Waals surface area contributed by atoms with Gasteiger partial charge in [-0.3, -0.25) is 4.79 Å². The van der Waals surface area contributed by atoms with Crippen LogP contribution < -0.4 is 5.32 Å². The third-order valence-corrected chi connectivity index (χ3v) is 3.98. The first-order valence-electron chi connectivity index (χ1n) is 7.48. The molecule has 110 valence electrons. The molecule has 1 N–H and O–H groups in total. The van der Waals surface area contributed by atoms with E-state index < -0.39 is 0 Å². The van der Waals surface area contributed by atoms with Crippen molar-refractivity contribution in [2.75, 3.05) is 26.2 Å². The number of amides is 1. The Morgan fingerprint density at radius 2 is 1.80 bits per heavy atom. The van der Waals surface area contributed by atoms with E-state index in [1.165, 1.54) is 12.0 Å². The molecule has 0 radical (unpaired) electrons. The van der Waals surface area contributed by atoms with E-state index in [0.717, 1.165) is 50.5 Å². The number of hydrogen-bond acceptors (Lipinski definition) is 2. The van der Waals surface area contributed by atoms with Crippen LogP contribution in [0.4, 0.5) is 0 Å². The minimum Gasteiger partial charge on any atom is -0.343 e. The molecule has 1 aliphatic rings. The zero-order valence-corrected chi connectivity index (χ0v) is 12.7. The number of likely N-dealkylation sites (tertiary alicyclic amines) is 1.